The predicted octanol–water partition coefficient (Wildman–Crippen LogP) is 4.31. The summed E-state index contributed by atoms with van der Waals surface area (Å²) in [5, 5.41) is 3.70. The zero-order chi connectivity index (χ0) is 17.4. The molecule has 1 amide bonds. The molecule has 1 N–H and O–H groups in total. The number of carbonyl (C=O) groups excluding carboxylic acids is 1. The largest absolute Gasteiger partial charge is 0.465 e. The van der Waals surface area contributed by atoms with Gasteiger partial charge in [-0.1, -0.05) is 25.1 Å². The fraction of sp³-hybridized carbons (Fsp3) is 0.238. The van der Waals surface area contributed by atoms with Crippen LogP contribution in [0.2, 0.25) is 0 Å². The summed E-state index contributed by atoms with van der Waals surface area (Å²) in [6.45, 7) is 2.21. The van der Waals surface area contributed by atoms with Crippen molar-refractivity contribution in [2.45, 2.75) is 19.8 Å². The molecule has 4 rings (SSSR count). The van der Waals surface area contributed by atoms with E-state index in [1.807, 2.05) is 42.5 Å². The number of aromatic nitrogens is 1. The highest BCUT2D eigenvalue weighted by molar-refractivity contribution is 6.09. The molecule has 2 aromatic heterocycles. The van der Waals surface area contributed by atoms with Gasteiger partial charge in [0.15, 0.2) is 0 Å². The number of nitrogens with one attached hydrogen (secondary N) is 1. The molecule has 1 aliphatic carbocycles. The molecule has 0 radical (unpaired) electrons. The van der Waals surface area contributed by atoms with Crippen LogP contribution >= 0.6 is 0 Å². The van der Waals surface area contributed by atoms with E-state index in [0.29, 0.717) is 5.92 Å². The summed E-state index contributed by atoms with van der Waals surface area (Å²) < 4.78 is 5.49. The zero-order valence-electron chi connectivity index (χ0n) is 14.4. The van der Waals surface area contributed by atoms with Crippen LogP contribution in [0.1, 0.15) is 40.7 Å². The van der Waals surface area contributed by atoms with E-state index >= 15 is 0 Å². The van der Waals surface area contributed by atoms with Gasteiger partial charge in [-0.15, -0.1) is 0 Å². The molecule has 1 aromatic carbocycles. The Morgan fingerprint density at radius 2 is 2.08 bits per heavy atom. The molecule has 4 heteroatoms. The predicted molar refractivity (Wildman–Crippen MR) is 99.2 cm³/mol. The van der Waals surface area contributed by atoms with Crippen molar-refractivity contribution in [2.24, 2.45) is 5.92 Å². The topological polar surface area (TPSA) is 55.1 Å². The highest BCUT2D eigenvalue weighted by Crippen LogP contribution is 2.38. The Kier molecular flexibility index (Phi) is 3.88. The Bertz CT molecular complexity index is 971. The first-order valence-corrected chi connectivity index (χ1v) is 8.55. The van der Waals surface area contributed by atoms with Crippen LogP contribution < -0.4 is 5.32 Å². The van der Waals surface area contributed by atoms with E-state index in [4.69, 9.17) is 9.40 Å². The van der Waals surface area contributed by atoms with E-state index in [1.165, 1.54) is 0 Å². The Labute approximate surface area is 146 Å². The molecule has 0 spiro atoms. The number of para-hydroxylation sites is 1. The van der Waals surface area contributed by atoms with Gasteiger partial charge in [-0.2, -0.15) is 0 Å². The third-order valence-corrected chi connectivity index (χ3v) is 4.73. The van der Waals surface area contributed by atoms with E-state index in [-0.39, 0.29) is 5.91 Å². The van der Waals surface area contributed by atoms with Gasteiger partial charge in [0.2, 0.25) is 0 Å². The van der Waals surface area contributed by atoms with Crippen molar-refractivity contribution in [3.8, 4) is 0 Å². The van der Waals surface area contributed by atoms with Gasteiger partial charge in [0, 0.05) is 12.4 Å². The van der Waals surface area contributed by atoms with Crippen LogP contribution in [0.25, 0.3) is 22.6 Å². The fourth-order valence-corrected chi connectivity index (χ4v) is 3.67. The van der Waals surface area contributed by atoms with Crippen LogP contribution in [-0.2, 0) is 6.42 Å². The van der Waals surface area contributed by atoms with Crippen molar-refractivity contribution in [3.05, 3.63) is 65.2 Å². The molecule has 1 unspecified atom stereocenters. The van der Waals surface area contributed by atoms with Gasteiger partial charge in [-0.25, -0.2) is 4.98 Å². The monoisotopic (exact) mass is 332 g/mol. The van der Waals surface area contributed by atoms with Crippen molar-refractivity contribution < 1.29 is 9.21 Å². The first-order valence-electron chi connectivity index (χ1n) is 8.55. The molecule has 126 valence electrons. The van der Waals surface area contributed by atoms with E-state index in [0.717, 1.165) is 51.9 Å². The number of benzene rings is 1. The molecule has 0 saturated heterocycles. The first-order chi connectivity index (χ1) is 12.2. The van der Waals surface area contributed by atoms with Gasteiger partial charge < -0.3 is 9.73 Å². The zero-order valence-corrected chi connectivity index (χ0v) is 14.4. The van der Waals surface area contributed by atoms with Crippen molar-refractivity contribution in [3.63, 3.8) is 0 Å². The lowest BCUT2D eigenvalue weighted by Crippen LogP contribution is -2.24. The number of amides is 1. The highest BCUT2D eigenvalue weighted by atomic mass is 16.3. The fourth-order valence-electron chi connectivity index (χ4n) is 3.67. The number of furan rings is 1. The quantitative estimate of drug-likeness (QED) is 0.761. The molecule has 0 saturated carbocycles. The van der Waals surface area contributed by atoms with E-state index in [9.17, 15) is 4.79 Å². The van der Waals surface area contributed by atoms with Crippen LogP contribution in [0, 0.1) is 5.92 Å². The lowest BCUT2D eigenvalue weighted by Gasteiger charge is -2.26. The normalized spacial score (nSPS) is 18.3. The molecule has 0 bridgehead atoms. The maximum absolute atomic E-state index is 12.7. The number of hydrogen-bond acceptors (Lipinski definition) is 3. The van der Waals surface area contributed by atoms with Gasteiger partial charge in [-0.05, 0) is 54.2 Å². The first kappa shape index (κ1) is 15.6. The molecule has 1 atom stereocenters. The van der Waals surface area contributed by atoms with Crippen LogP contribution in [0.4, 0.5) is 0 Å². The van der Waals surface area contributed by atoms with Gasteiger partial charge in [-0.3, -0.25) is 4.79 Å². The maximum atomic E-state index is 12.7. The second-order valence-corrected chi connectivity index (χ2v) is 6.61. The smallest absolute Gasteiger partial charge is 0.252 e. The van der Waals surface area contributed by atoms with Crippen LogP contribution in [0.15, 0.2) is 47.1 Å². The summed E-state index contributed by atoms with van der Waals surface area (Å²) >= 11 is 0. The molecule has 2 heterocycles. The summed E-state index contributed by atoms with van der Waals surface area (Å²) in [5.74, 6) is 1.20. The molecular weight excluding hydrogens is 312 g/mol. The van der Waals surface area contributed by atoms with E-state index in [1.54, 1.807) is 13.3 Å². The number of pyridine rings is 1. The third kappa shape index (κ3) is 2.74. The minimum atomic E-state index is -0.0544. The van der Waals surface area contributed by atoms with E-state index in [2.05, 4.69) is 12.2 Å². The Hall–Kier alpha value is -2.88. The average molecular weight is 332 g/mol. The van der Waals surface area contributed by atoms with Crippen molar-refractivity contribution in [1.29, 1.82) is 0 Å². The van der Waals surface area contributed by atoms with Crippen molar-refractivity contribution in [2.75, 3.05) is 7.05 Å². The molecule has 0 fully saturated rings. The molecular formula is C21H20N2O2. The molecule has 1 aliphatic rings. The van der Waals surface area contributed by atoms with E-state index < -0.39 is 0 Å². The van der Waals surface area contributed by atoms with Crippen LogP contribution in [0.3, 0.4) is 0 Å². The SMILES string of the molecule is CNC(=O)c1c2c(nc3ccccc13)/C(=C\c1ccco1)CC(C)C2. The Morgan fingerprint density at radius 3 is 2.84 bits per heavy atom. The second-order valence-electron chi connectivity index (χ2n) is 6.61. The second kappa shape index (κ2) is 6.20. The van der Waals surface area contributed by atoms with Crippen LogP contribution in [-0.4, -0.2) is 17.9 Å². The van der Waals surface area contributed by atoms with Gasteiger partial charge in [0.05, 0.1) is 23.0 Å². The number of allylic oxidation sites excluding steroid dienone is 1. The minimum absolute atomic E-state index is 0.0544. The van der Waals surface area contributed by atoms with Gasteiger partial charge in [0.1, 0.15) is 5.76 Å². The summed E-state index contributed by atoms with van der Waals surface area (Å²) in [7, 11) is 1.68. The molecule has 4 nitrogen and oxygen atoms in total. The Balaban J connectivity index is 2.01. The summed E-state index contributed by atoms with van der Waals surface area (Å²) in [6.07, 6.45) is 5.49. The molecule has 25 heavy (non-hydrogen) atoms. The van der Waals surface area contributed by atoms with Crippen molar-refractivity contribution >= 4 is 28.5 Å². The molecule has 3 aromatic rings. The average Bonchev–Trinajstić information content (AvgIpc) is 3.12. The minimum Gasteiger partial charge on any atom is -0.465 e. The number of nitrogens with zero attached hydrogens (tertiary/aromatic N) is 1. The van der Waals surface area contributed by atoms with Crippen LogP contribution in [0.5, 0.6) is 0 Å². The number of rotatable bonds is 2. The summed E-state index contributed by atoms with van der Waals surface area (Å²) in [4.78, 5) is 17.6. The van der Waals surface area contributed by atoms with Gasteiger partial charge >= 0.3 is 0 Å². The lowest BCUT2D eigenvalue weighted by molar-refractivity contribution is 0.0963. The van der Waals surface area contributed by atoms with Crippen molar-refractivity contribution in [1.82, 2.24) is 10.3 Å². The number of hydrogen-bond donors (Lipinski definition) is 1. The Morgan fingerprint density at radius 1 is 1.24 bits per heavy atom. The number of fused-ring (bicyclic) bond motifs is 2. The summed E-state index contributed by atoms with van der Waals surface area (Å²) in [6, 6.07) is 11.7. The van der Waals surface area contributed by atoms with Gasteiger partial charge in [0.25, 0.3) is 5.91 Å². The lowest BCUT2D eigenvalue weighted by atomic mass is 9.80. The number of carbonyl (C=O) groups is 1. The third-order valence-electron chi connectivity index (χ3n) is 4.73. The summed E-state index contributed by atoms with van der Waals surface area (Å²) in [5.41, 5.74) is 4.68. The molecule has 0 aliphatic heterocycles. The standard InChI is InChI=1S/C21H20N2O2/c1-13-10-14(12-15-6-5-9-25-15)20-17(11-13)19(21(24)22-2)16-7-3-4-8-18(16)23-20/h3-9,12-13H,10-11H2,1-2H3,(H,22,24)/b14-12-. The maximum Gasteiger partial charge on any atom is 0.252 e. The highest BCUT2D eigenvalue weighted by Gasteiger charge is 2.27.